The van der Waals surface area contributed by atoms with Gasteiger partial charge in [-0.2, -0.15) is 0 Å². The Morgan fingerprint density at radius 3 is 2.76 bits per heavy atom. The number of rotatable bonds is 4. The molecule has 1 heterocycles. The molecule has 17 heavy (non-hydrogen) atoms. The predicted octanol–water partition coefficient (Wildman–Crippen LogP) is 1.92. The number of hydrogen-bond acceptors (Lipinski definition) is 3. The minimum absolute atomic E-state index is 0.0977. The van der Waals surface area contributed by atoms with Crippen molar-refractivity contribution in [3.05, 3.63) is 24.2 Å². The van der Waals surface area contributed by atoms with Crippen LogP contribution in [0.3, 0.4) is 0 Å². The van der Waals surface area contributed by atoms with E-state index in [1.807, 2.05) is 0 Å². The minimum Gasteiger partial charge on any atom is -0.459 e. The zero-order valence-corrected chi connectivity index (χ0v) is 10.1. The summed E-state index contributed by atoms with van der Waals surface area (Å²) in [6.45, 7) is 1.30. The molecule has 0 spiro atoms. The van der Waals surface area contributed by atoms with Crippen LogP contribution in [-0.2, 0) is 0 Å². The van der Waals surface area contributed by atoms with Gasteiger partial charge in [-0.25, -0.2) is 0 Å². The van der Waals surface area contributed by atoms with Crippen molar-refractivity contribution in [2.24, 2.45) is 11.1 Å². The number of hydrogen-bond donors (Lipinski definition) is 2. The number of furan rings is 1. The van der Waals surface area contributed by atoms with Gasteiger partial charge in [0.2, 0.25) is 0 Å². The molecule has 4 nitrogen and oxygen atoms in total. The normalized spacial score (nSPS) is 18.9. The number of carbonyl (C=O) groups is 1. The molecule has 1 fully saturated rings. The van der Waals surface area contributed by atoms with E-state index < -0.39 is 0 Å². The van der Waals surface area contributed by atoms with Gasteiger partial charge in [0.25, 0.3) is 5.91 Å². The van der Waals surface area contributed by atoms with Gasteiger partial charge in [-0.1, -0.05) is 19.3 Å². The van der Waals surface area contributed by atoms with Crippen LogP contribution < -0.4 is 11.1 Å². The molecule has 0 aliphatic heterocycles. The molecule has 1 aliphatic rings. The molecule has 1 saturated carbocycles. The summed E-state index contributed by atoms with van der Waals surface area (Å²) >= 11 is 0. The van der Waals surface area contributed by atoms with E-state index in [-0.39, 0.29) is 11.3 Å². The first-order valence-electron chi connectivity index (χ1n) is 6.28. The highest BCUT2D eigenvalue weighted by Gasteiger charge is 2.31. The van der Waals surface area contributed by atoms with Gasteiger partial charge in [0.15, 0.2) is 5.76 Å². The van der Waals surface area contributed by atoms with Crippen LogP contribution in [0.25, 0.3) is 0 Å². The van der Waals surface area contributed by atoms with Crippen LogP contribution in [-0.4, -0.2) is 19.0 Å². The van der Waals surface area contributed by atoms with Crippen molar-refractivity contribution >= 4 is 5.91 Å². The van der Waals surface area contributed by atoms with Crippen molar-refractivity contribution in [2.75, 3.05) is 13.1 Å². The van der Waals surface area contributed by atoms with Gasteiger partial charge in [0.05, 0.1) is 6.26 Å². The van der Waals surface area contributed by atoms with Crippen molar-refractivity contribution in [2.45, 2.75) is 32.1 Å². The first-order valence-corrected chi connectivity index (χ1v) is 6.28. The van der Waals surface area contributed by atoms with E-state index in [4.69, 9.17) is 10.2 Å². The van der Waals surface area contributed by atoms with Crippen LogP contribution in [0.15, 0.2) is 22.8 Å². The number of carbonyl (C=O) groups excluding carboxylic acids is 1. The zero-order valence-electron chi connectivity index (χ0n) is 10.1. The second kappa shape index (κ2) is 5.36. The predicted molar refractivity (Wildman–Crippen MR) is 65.6 cm³/mol. The Balaban J connectivity index is 1.89. The van der Waals surface area contributed by atoms with Gasteiger partial charge >= 0.3 is 0 Å². The maximum atomic E-state index is 11.8. The van der Waals surface area contributed by atoms with Crippen molar-refractivity contribution in [1.29, 1.82) is 0 Å². The molecule has 0 unspecified atom stereocenters. The molecule has 1 aliphatic carbocycles. The van der Waals surface area contributed by atoms with Gasteiger partial charge in [-0.15, -0.1) is 0 Å². The SMILES string of the molecule is NCC1(CNC(=O)c2ccco2)CCCCC1. The highest BCUT2D eigenvalue weighted by Crippen LogP contribution is 2.34. The van der Waals surface area contributed by atoms with Crippen LogP contribution in [0, 0.1) is 5.41 Å². The quantitative estimate of drug-likeness (QED) is 0.839. The van der Waals surface area contributed by atoms with Gasteiger partial charge in [-0.05, 0) is 36.9 Å². The molecule has 2 rings (SSSR count). The highest BCUT2D eigenvalue weighted by molar-refractivity contribution is 5.91. The zero-order chi connectivity index (χ0) is 12.1. The fourth-order valence-electron chi connectivity index (χ4n) is 2.52. The Labute approximate surface area is 102 Å². The molecule has 4 heteroatoms. The van der Waals surface area contributed by atoms with E-state index in [0.29, 0.717) is 18.8 Å². The number of nitrogens with one attached hydrogen (secondary N) is 1. The maximum Gasteiger partial charge on any atom is 0.286 e. The van der Waals surface area contributed by atoms with E-state index in [2.05, 4.69) is 5.32 Å². The van der Waals surface area contributed by atoms with Crippen LogP contribution in [0.2, 0.25) is 0 Å². The van der Waals surface area contributed by atoms with E-state index >= 15 is 0 Å². The Bertz CT molecular complexity index is 354. The summed E-state index contributed by atoms with van der Waals surface area (Å²) in [5.74, 6) is 0.223. The molecular formula is C13H20N2O2. The molecule has 3 N–H and O–H groups in total. The summed E-state index contributed by atoms with van der Waals surface area (Å²) in [4.78, 5) is 11.8. The van der Waals surface area contributed by atoms with E-state index in [9.17, 15) is 4.79 Å². The standard InChI is InChI=1S/C13H20N2O2/c14-9-13(6-2-1-3-7-13)10-15-12(16)11-5-4-8-17-11/h4-5,8H,1-3,6-7,9-10,14H2,(H,15,16). The smallest absolute Gasteiger partial charge is 0.286 e. The minimum atomic E-state index is -0.145. The fraction of sp³-hybridized carbons (Fsp3) is 0.615. The lowest BCUT2D eigenvalue weighted by Gasteiger charge is -2.36. The van der Waals surface area contributed by atoms with Gasteiger partial charge < -0.3 is 15.5 Å². The Morgan fingerprint density at radius 1 is 1.41 bits per heavy atom. The maximum absolute atomic E-state index is 11.8. The van der Waals surface area contributed by atoms with Crippen LogP contribution in [0.4, 0.5) is 0 Å². The second-order valence-corrected chi connectivity index (χ2v) is 4.92. The average molecular weight is 236 g/mol. The van der Waals surface area contributed by atoms with Gasteiger partial charge in [0, 0.05) is 6.54 Å². The van der Waals surface area contributed by atoms with Crippen molar-refractivity contribution in [3.8, 4) is 0 Å². The largest absolute Gasteiger partial charge is 0.459 e. The lowest BCUT2D eigenvalue weighted by atomic mass is 9.74. The molecule has 0 radical (unpaired) electrons. The van der Waals surface area contributed by atoms with E-state index in [0.717, 1.165) is 12.8 Å². The molecule has 0 saturated heterocycles. The summed E-state index contributed by atoms with van der Waals surface area (Å²) in [5, 5.41) is 2.93. The summed E-state index contributed by atoms with van der Waals surface area (Å²) in [7, 11) is 0. The Hall–Kier alpha value is -1.29. The van der Waals surface area contributed by atoms with Gasteiger partial charge in [0.1, 0.15) is 0 Å². The van der Waals surface area contributed by atoms with Gasteiger partial charge in [-0.3, -0.25) is 4.79 Å². The lowest BCUT2D eigenvalue weighted by molar-refractivity contribution is 0.0886. The molecule has 1 amide bonds. The Kier molecular flexibility index (Phi) is 3.84. The summed E-state index contributed by atoms with van der Waals surface area (Å²) in [6.07, 6.45) is 7.45. The molecule has 0 atom stereocenters. The van der Waals surface area contributed by atoms with Crippen molar-refractivity contribution in [3.63, 3.8) is 0 Å². The first-order chi connectivity index (χ1) is 8.26. The first kappa shape index (κ1) is 12.2. The lowest BCUT2D eigenvalue weighted by Crippen LogP contribution is -2.43. The molecule has 94 valence electrons. The Morgan fingerprint density at radius 2 is 2.18 bits per heavy atom. The molecule has 1 aromatic heterocycles. The fourth-order valence-corrected chi connectivity index (χ4v) is 2.52. The summed E-state index contributed by atoms with van der Waals surface area (Å²) < 4.78 is 5.06. The average Bonchev–Trinajstić information content (AvgIpc) is 2.91. The summed E-state index contributed by atoms with van der Waals surface area (Å²) in [6, 6.07) is 3.39. The monoisotopic (exact) mass is 236 g/mol. The summed E-state index contributed by atoms with van der Waals surface area (Å²) in [5.41, 5.74) is 5.97. The van der Waals surface area contributed by atoms with Crippen molar-refractivity contribution in [1.82, 2.24) is 5.32 Å². The molecule has 0 bridgehead atoms. The molecule has 0 aromatic carbocycles. The van der Waals surface area contributed by atoms with E-state index in [1.54, 1.807) is 12.1 Å². The van der Waals surface area contributed by atoms with Crippen LogP contribution in [0.5, 0.6) is 0 Å². The second-order valence-electron chi connectivity index (χ2n) is 4.92. The third-order valence-electron chi connectivity index (χ3n) is 3.72. The third kappa shape index (κ3) is 2.88. The topological polar surface area (TPSA) is 68.3 Å². The third-order valence-corrected chi connectivity index (χ3v) is 3.72. The number of nitrogens with two attached hydrogens (primary N) is 1. The van der Waals surface area contributed by atoms with Crippen molar-refractivity contribution < 1.29 is 9.21 Å². The van der Waals surface area contributed by atoms with E-state index in [1.165, 1.54) is 25.5 Å². The highest BCUT2D eigenvalue weighted by atomic mass is 16.3. The van der Waals surface area contributed by atoms with Crippen LogP contribution >= 0.6 is 0 Å². The molecular weight excluding hydrogens is 216 g/mol. The number of amides is 1. The van der Waals surface area contributed by atoms with Crippen LogP contribution in [0.1, 0.15) is 42.7 Å². The molecule has 1 aromatic rings.